The van der Waals surface area contributed by atoms with Crippen LogP contribution in [0.2, 0.25) is 0 Å². The highest BCUT2D eigenvalue weighted by Crippen LogP contribution is 2.25. The molecule has 0 saturated heterocycles. The van der Waals surface area contributed by atoms with Gasteiger partial charge in [-0.15, -0.1) is 0 Å². The third kappa shape index (κ3) is 3.82. The summed E-state index contributed by atoms with van der Waals surface area (Å²) >= 11 is 0. The van der Waals surface area contributed by atoms with E-state index in [1.807, 2.05) is 7.05 Å². The molecule has 0 aliphatic rings. The van der Waals surface area contributed by atoms with Crippen molar-refractivity contribution in [1.29, 1.82) is 0 Å². The van der Waals surface area contributed by atoms with Crippen molar-refractivity contribution in [1.82, 2.24) is 5.32 Å². The maximum atomic E-state index is 5.90. The Balaban J connectivity index is 2.91. The average molecular weight is 249 g/mol. The van der Waals surface area contributed by atoms with E-state index in [1.54, 1.807) is 0 Å². The number of nitrogens with one attached hydrogen (secondary N) is 1. The molecule has 0 aliphatic carbocycles. The van der Waals surface area contributed by atoms with Gasteiger partial charge in [0.1, 0.15) is 0 Å². The Labute approximate surface area is 112 Å². The number of hydrogen-bond acceptors (Lipinski definition) is 2. The van der Waals surface area contributed by atoms with Crippen LogP contribution in [0.25, 0.3) is 0 Å². The number of rotatable bonds is 7. The van der Waals surface area contributed by atoms with Crippen LogP contribution in [0.1, 0.15) is 44.9 Å². The molecule has 0 amide bonds. The summed E-state index contributed by atoms with van der Waals surface area (Å²) in [7, 11) is 2.01. The minimum absolute atomic E-state index is 0.215. The SMILES string of the molecule is CCOC(C(C)C)C(NC)c1ccc(CC)cc1. The van der Waals surface area contributed by atoms with Gasteiger partial charge in [-0.2, -0.15) is 0 Å². The van der Waals surface area contributed by atoms with Gasteiger partial charge in [0.2, 0.25) is 0 Å². The molecule has 0 fully saturated rings. The number of benzene rings is 1. The van der Waals surface area contributed by atoms with E-state index in [0.29, 0.717) is 5.92 Å². The summed E-state index contributed by atoms with van der Waals surface area (Å²) in [5.74, 6) is 0.494. The monoisotopic (exact) mass is 249 g/mol. The summed E-state index contributed by atoms with van der Waals surface area (Å²) < 4.78 is 5.90. The smallest absolute Gasteiger partial charge is 0.0792 e. The summed E-state index contributed by atoms with van der Waals surface area (Å²) in [6.45, 7) is 9.42. The fraction of sp³-hybridized carbons (Fsp3) is 0.625. The van der Waals surface area contributed by atoms with Crippen LogP contribution < -0.4 is 5.32 Å². The van der Waals surface area contributed by atoms with Crippen LogP contribution in [0.15, 0.2) is 24.3 Å². The summed E-state index contributed by atoms with van der Waals surface area (Å²) in [5.41, 5.74) is 2.69. The molecule has 0 bridgehead atoms. The molecule has 2 atom stereocenters. The van der Waals surface area contributed by atoms with Gasteiger partial charge < -0.3 is 10.1 Å². The van der Waals surface area contributed by atoms with E-state index in [4.69, 9.17) is 4.74 Å². The largest absolute Gasteiger partial charge is 0.376 e. The Bertz CT molecular complexity index is 331. The Hall–Kier alpha value is -0.860. The minimum atomic E-state index is 0.215. The first-order valence-corrected chi connectivity index (χ1v) is 7.01. The van der Waals surface area contributed by atoms with Gasteiger partial charge in [-0.25, -0.2) is 0 Å². The van der Waals surface area contributed by atoms with Crippen molar-refractivity contribution in [3.05, 3.63) is 35.4 Å². The second kappa shape index (κ2) is 7.55. The topological polar surface area (TPSA) is 21.3 Å². The minimum Gasteiger partial charge on any atom is -0.376 e. The molecule has 0 heterocycles. The summed E-state index contributed by atoms with van der Waals surface area (Å²) in [5, 5.41) is 3.40. The molecule has 2 unspecified atom stereocenters. The van der Waals surface area contributed by atoms with Gasteiger partial charge in [-0.3, -0.25) is 0 Å². The second-order valence-corrected chi connectivity index (χ2v) is 5.03. The van der Waals surface area contributed by atoms with E-state index in [2.05, 4.69) is 57.3 Å². The van der Waals surface area contributed by atoms with Crippen molar-refractivity contribution in [3.63, 3.8) is 0 Å². The van der Waals surface area contributed by atoms with Gasteiger partial charge in [0, 0.05) is 6.61 Å². The van der Waals surface area contributed by atoms with Crippen LogP contribution in [-0.4, -0.2) is 19.8 Å². The van der Waals surface area contributed by atoms with Crippen LogP contribution in [0, 0.1) is 5.92 Å². The number of hydrogen-bond donors (Lipinski definition) is 1. The Morgan fingerprint density at radius 3 is 2.11 bits per heavy atom. The highest BCUT2D eigenvalue weighted by molar-refractivity contribution is 5.26. The van der Waals surface area contributed by atoms with Crippen LogP contribution >= 0.6 is 0 Å². The lowest BCUT2D eigenvalue weighted by atomic mass is 9.93. The predicted molar refractivity (Wildman–Crippen MR) is 77.9 cm³/mol. The Morgan fingerprint density at radius 2 is 1.72 bits per heavy atom. The second-order valence-electron chi connectivity index (χ2n) is 5.03. The first kappa shape index (κ1) is 15.2. The van der Waals surface area contributed by atoms with Crippen LogP contribution in [0.4, 0.5) is 0 Å². The molecular weight excluding hydrogens is 222 g/mol. The highest BCUT2D eigenvalue weighted by Gasteiger charge is 2.24. The Morgan fingerprint density at radius 1 is 1.11 bits per heavy atom. The van der Waals surface area contributed by atoms with Crippen LogP contribution in [0.5, 0.6) is 0 Å². The Kier molecular flexibility index (Phi) is 6.37. The highest BCUT2D eigenvalue weighted by atomic mass is 16.5. The zero-order valence-corrected chi connectivity index (χ0v) is 12.4. The van der Waals surface area contributed by atoms with Crippen LogP contribution in [0.3, 0.4) is 0 Å². The molecule has 0 saturated carbocycles. The van der Waals surface area contributed by atoms with E-state index in [-0.39, 0.29) is 12.1 Å². The fourth-order valence-electron chi connectivity index (χ4n) is 2.35. The molecule has 2 heteroatoms. The molecule has 18 heavy (non-hydrogen) atoms. The number of aryl methyl sites for hydroxylation is 1. The third-order valence-electron chi connectivity index (χ3n) is 3.40. The van der Waals surface area contributed by atoms with Gasteiger partial charge in [0.25, 0.3) is 0 Å². The molecule has 1 aromatic carbocycles. The standard InChI is InChI=1S/C16H27NO/c1-6-13-8-10-14(11-9-13)15(17-5)16(12(3)4)18-7-2/h8-12,15-17H,6-7H2,1-5H3. The molecule has 2 nitrogen and oxygen atoms in total. The normalized spacial score (nSPS) is 14.8. The third-order valence-corrected chi connectivity index (χ3v) is 3.40. The first-order chi connectivity index (χ1) is 8.63. The average Bonchev–Trinajstić information content (AvgIpc) is 2.39. The molecular formula is C16H27NO. The van der Waals surface area contributed by atoms with Gasteiger partial charge in [0.05, 0.1) is 12.1 Å². The van der Waals surface area contributed by atoms with Gasteiger partial charge >= 0.3 is 0 Å². The van der Waals surface area contributed by atoms with E-state index in [0.717, 1.165) is 13.0 Å². The zero-order valence-electron chi connectivity index (χ0n) is 12.4. The molecule has 0 aromatic heterocycles. The molecule has 0 aliphatic heterocycles. The van der Waals surface area contributed by atoms with E-state index < -0.39 is 0 Å². The van der Waals surface area contributed by atoms with Gasteiger partial charge in [-0.05, 0) is 37.4 Å². The van der Waals surface area contributed by atoms with Gasteiger partial charge in [-0.1, -0.05) is 45.0 Å². The maximum Gasteiger partial charge on any atom is 0.0792 e. The molecule has 1 N–H and O–H groups in total. The molecule has 102 valence electrons. The predicted octanol–water partition coefficient (Wildman–Crippen LogP) is 3.57. The van der Waals surface area contributed by atoms with Crippen LogP contribution in [-0.2, 0) is 11.2 Å². The van der Waals surface area contributed by atoms with Crippen molar-refractivity contribution in [2.75, 3.05) is 13.7 Å². The first-order valence-electron chi connectivity index (χ1n) is 7.01. The number of ether oxygens (including phenoxy) is 1. The van der Waals surface area contributed by atoms with E-state index >= 15 is 0 Å². The van der Waals surface area contributed by atoms with Crippen molar-refractivity contribution >= 4 is 0 Å². The quantitative estimate of drug-likeness (QED) is 0.797. The lowest BCUT2D eigenvalue weighted by molar-refractivity contribution is 0.00460. The molecule has 0 spiro atoms. The summed E-state index contributed by atoms with van der Waals surface area (Å²) in [6, 6.07) is 9.12. The summed E-state index contributed by atoms with van der Waals surface area (Å²) in [6.07, 6.45) is 1.30. The molecule has 1 aromatic rings. The van der Waals surface area contributed by atoms with E-state index in [9.17, 15) is 0 Å². The number of likely N-dealkylation sites (N-methyl/N-ethyl adjacent to an activating group) is 1. The zero-order chi connectivity index (χ0) is 13.5. The fourth-order valence-corrected chi connectivity index (χ4v) is 2.35. The lowest BCUT2D eigenvalue weighted by Crippen LogP contribution is -2.35. The van der Waals surface area contributed by atoms with Crippen molar-refractivity contribution in [3.8, 4) is 0 Å². The van der Waals surface area contributed by atoms with Crippen molar-refractivity contribution < 1.29 is 4.74 Å². The molecule has 0 radical (unpaired) electrons. The van der Waals surface area contributed by atoms with E-state index in [1.165, 1.54) is 11.1 Å². The summed E-state index contributed by atoms with van der Waals surface area (Å²) in [4.78, 5) is 0. The molecule has 1 rings (SSSR count). The maximum absolute atomic E-state index is 5.90. The lowest BCUT2D eigenvalue weighted by Gasteiger charge is -2.30. The van der Waals surface area contributed by atoms with Gasteiger partial charge in [0.15, 0.2) is 0 Å². The van der Waals surface area contributed by atoms with Crippen molar-refractivity contribution in [2.24, 2.45) is 5.92 Å². The van der Waals surface area contributed by atoms with Crippen molar-refractivity contribution in [2.45, 2.75) is 46.3 Å².